The van der Waals surface area contributed by atoms with E-state index in [1.54, 1.807) is 26.2 Å². The van der Waals surface area contributed by atoms with Gasteiger partial charge < -0.3 is 24.2 Å². The van der Waals surface area contributed by atoms with Gasteiger partial charge in [0.05, 0.1) is 47.1 Å². The summed E-state index contributed by atoms with van der Waals surface area (Å²) in [5.74, 6) is 0.639. The molecule has 1 N–H and O–H groups in total. The van der Waals surface area contributed by atoms with Crippen LogP contribution in [0.25, 0.3) is 11.1 Å². The van der Waals surface area contributed by atoms with E-state index in [9.17, 15) is 20.0 Å². The number of non-ortho nitro benzene ring substituents is 1. The van der Waals surface area contributed by atoms with Gasteiger partial charge in [-0.05, 0) is 56.1 Å². The minimum absolute atomic E-state index is 0.101. The van der Waals surface area contributed by atoms with Gasteiger partial charge in [-0.25, -0.2) is 4.79 Å². The first-order chi connectivity index (χ1) is 19.2. The third-order valence-electron chi connectivity index (χ3n) is 9.63. The fraction of sp³-hybridized carbons (Fsp3) is 0.400. The number of fused-ring (bicyclic) bond motifs is 2. The Morgan fingerprint density at radius 1 is 1.27 bits per heavy atom. The average Bonchev–Trinajstić information content (AvgIpc) is 3.30. The molecule has 206 valence electrons. The average molecular weight is 544 g/mol. The van der Waals surface area contributed by atoms with Gasteiger partial charge in [0.15, 0.2) is 17.6 Å². The summed E-state index contributed by atoms with van der Waals surface area (Å²) >= 11 is 0. The van der Waals surface area contributed by atoms with E-state index in [0.717, 1.165) is 17.7 Å². The lowest BCUT2D eigenvalue weighted by Gasteiger charge is -2.62. The molecule has 10 heteroatoms. The molecule has 0 amide bonds. The summed E-state index contributed by atoms with van der Waals surface area (Å²) in [4.78, 5) is 31.6. The lowest BCUT2D eigenvalue weighted by atomic mass is 9.48. The lowest BCUT2D eigenvalue weighted by molar-refractivity contribution is -0.384. The molecule has 0 radical (unpaired) electrons. The van der Waals surface area contributed by atoms with E-state index in [1.165, 1.54) is 19.2 Å². The first kappa shape index (κ1) is 25.0. The van der Waals surface area contributed by atoms with Crippen LogP contribution in [0.15, 0.2) is 36.4 Å². The monoisotopic (exact) mass is 543 g/mol. The number of carbonyl (C=O) groups is 1. The number of nitro groups is 1. The van der Waals surface area contributed by atoms with Crippen LogP contribution >= 0.6 is 0 Å². The van der Waals surface area contributed by atoms with E-state index in [0.29, 0.717) is 52.4 Å². The van der Waals surface area contributed by atoms with Gasteiger partial charge in [0.2, 0.25) is 0 Å². The number of ether oxygens (including phenoxy) is 3. The van der Waals surface area contributed by atoms with Crippen molar-refractivity contribution in [3.8, 4) is 22.6 Å². The summed E-state index contributed by atoms with van der Waals surface area (Å²) in [5.41, 5.74) is 2.89. The van der Waals surface area contributed by atoms with Crippen LogP contribution < -0.4 is 9.47 Å². The van der Waals surface area contributed by atoms with E-state index in [2.05, 4.69) is 11.0 Å². The maximum atomic E-state index is 13.2. The Labute approximate surface area is 230 Å². The highest BCUT2D eigenvalue weighted by Crippen LogP contribution is 2.69. The first-order valence-corrected chi connectivity index (χ1v) is 13.3. The number of carbonyl (C=O) groups excluding carboxylic acids is 1. The summed E-state index contributed by atoms with van der Waals surface area (Å²) in [6.45, 7) is 2.51. The predicted molar refractivity (Wildman–Crippen MR) is 144 cm³/mol. The van der Waals surface area contributed by atoms with Crippen LogP contribution in [0.1, 0.15) is 51.0 Å². The van der Waals surface area contributed by atoms with Gasteiger partial charge in [0.25, 0.3) is 5.69 Å². The molecule has 7 rings (SSSR count). The Morgan fingerprint density at radius 2 is 2.08 bits per heavy atom. The molecular weight excluding hydrogens is 514 g/mol. The zero-order chi connectivity index (χ0) is 28.1. The van der Waals surface area contributed by atoms with E-state index < -0.39 is 28.0 Å². The second kappa shape index (κ2) is 8.25. The lowest BCUT2D eigenvalue weighted by Crippen LogP contribution is -2.74. The highest BCUT2D eigenvalue weighted by molar-refractivity contribution is 6.00. The Hall–Kier alpha value is -4.02. The zero-order valence-corrected chi connectivity index (χ0v) is 22.7. The number of aryl methyl sites for hydroxylation is 1. The first-order valence-electron chi connectivity index (χ1n) is 13.3. The van der Waals surface area contributed by atoms with Gasteiger partial charge in [0, 0.05) is 35.7 Å². The highest BCUT2D eigenvalue weighted by atomic mass is 16.6. The van der Waals surface area contributed by atoms with Gasteiger partial charge >= 0.3 is 5.97 Å². The molecule has 1 spiro atoms. The number of hydrogen-bond donors (Lipinski definition) is 1. The van der Waals surface area contributed by atoms with Crippen molar-refractivity contribution in [1.82, 2.24) is 9.88 Å². The number of esters is 1. The number of methoxy groups -OCH3 is 2. The molecule has 2 aliphatic carbocycles. The van der Waals surface area contributed by atoms with E-state index in [1.807, 2.05) is 13.1 Å². The number of hydrogen-bond acceptors (Lipinski definition) is 9. The number of likely N-dealkylation sites (tertiary alicyclic amines) is 1. The molecule has 2 aromatic carbocycles. The fourth-order valence-electron chi connectivity index (χ4n) is 7.95. The summed E-state index contributed by atoms with van der Waals surface area (Å²) in [5, 5.41) is 24.6. The van der Waals surface area contributed by atoms with E-state index in [-0.39, 0.29) is 23.7 Å². The molecule has 0 saturated carbocycles. The topological polar surface area (TPSA) is 124 Å². The smallest absolute Gasteiger partial charge is 0.340 e. The molecule has 2 aliphatic heterocycles. The summed E-state index contributed by atoms with van der Waals surface area (Å²) < 4.78 is 17.6. The van der Waals surface area contributed by atoms with Crippen molar-refractivity contribution in [1.29, 1.82) is 0 Å². The third kappa shape index (κ3) is 2.90. The normalized spacial score (nSPS) is 27.3. The minimum Gasteiger partial charge on any atom is -0.493 e. The molecular formula is C30H29N3O7. The van der Waals surface area contributed by atoms with Gasteiger partial charge in [-0.2, -0.15) is 0 Å². The standard InChI is InChI=1S/C30H29N3O7/c1-15-22(28(34)39-4)23(16-6-5-7-18(12-16)33(36)37)19-14-30(35)21-13-17-8-9-20(38-3)26-24(17)29(30,10-11-32(21)2)27(40-26)25(19)31-15/h5-9,12,21,27,35H,10-11,13-14H2,1-4H3. The maximum Gasteiger partial charge on any atom is 0.340 e. The van der Waals surface area contributed by atoms with Crippen LogP contribution in [0.4, 0.5) is 5.69 Å². The van der Waals surface area contributed by atoms with E-state index in [4.69, 9.17) is 19.2 Å². The number of nitro benzene ring substituents is 1. The van der Waals surface area contributed by atoms with Gasteiger partial charge in [0.1, 0.15) is 0 Å². The number of benzene rings is 2. The largest absolute Gasteiger partial charge is 0.493 e. The van der Waals surface area contributed by atoms with Crippen molar-refractivity contribution in [2.24, 2.45) is 0 Å². The van der Waals surface area contributed by atoms with Crippen molar-refractivity contribution in [3.63, 3.8) is 0 Å². The molecule has 2 bridgehead atoms. The van der Waals surface area contributed by atoms with Crippen molar-refractivity contribution < 1.29 is 29.0 Å². The number of rotatable bonds is 4. The number of piperidine rings is 1. The van der Waals surface area contributed by atoms with Crippen LogP contribution in [-0.4, -0.2) is 65.3 Å². The Bertz CT molecular complexity index is 1640. The van der Waals surface area contributed by atoms with E-state index >= 15 is 0 Å². The quantitative estimate of drug-likeness (QED) is 0.298. The summed E-state index contributed by atoms with van der Waals surface area (Å²) in [6, 6.07) is 9.97. The molecule has 3 heterocycles. The van der Waals surface area contributed by atoms with Crippen LogP contribution in [0.5, 0.6) is 11.5 Å². The predicted octanol–water partition coefficient (Wildman–Crippen LogP) is 3.68. The zero-order valence-electron chi connectivity index (χ0n) is 22.7. The fourth-order valence-corrected chi connectivity index (χ4v) is 7.95. The van der Waals surface area contributed by atoms with Crippen LogP contribution in [0.3, 0.4) is 0 Å². The molecule has 3 aromatic rings. The number of aliphatic hydroxyl groups is 1. The number of nitrogens with zero attached hydrogens (tertiary/aromatic N) is 3. The summed E-state index contributed by atoms with van der Waals surface area (Å²) in [6.07, 6.45) is 0.842. The summed E-state index contributed by atoms with van der Waals surface area (Å²) in [7, 11) is 4.93. The van der Waals surface area contributed by atoms with Gasteiger partial charge in [-0.1, -0.05) is 18.2 Å². The van der Waals surface area contributed by atoms with Gasteiger partial charge in [-0.3, -0.25) is 15.1 Å². The second-order valence-corrected chi connectivity index (χ2v) is 11.3. The third-order valence-corrected chi connectivity index (χ3v) is 9.63. The molecule has 4 atom stereocenters. The molecule has 1 aromatic heterocycles. The Kier molecular flexibility index (Phi) is 5.15. The van der Waals surface area contributed by atoms with Crippen molar-refractivity contribution in [2.75, 3.05) is 27.8 Å². The number of aromatic nitrogens is 1. The van der Waals surface area contributed by atoms with Crippen LogP contribution in [-0.2, 0) is 23.0 Å². The highest BCUT2D eigenvalue weighted by Gasteiger charge is 2.72. The van der Waals surface area contributed by atoms with Crippen molar-refractivity contribution in [3.05, 3.63) is 80.2 Å². The van der Waals surface area contributed by atoms with Crippen LogP contribution in [0, 0.1) is 17.0 Å². The van der Waals surface area contributed by atoms with Crippen molar-refractivity contribution >= 4 is 11.7 Å². The number of pyridine rings is 1. The minimum atomic E-state index is -1.26. The Morgan fingerprint density at radius 3 is 2.80 bits per heavy atom. The number of likely N-dealkylation sites (N-methyl/N-ethyl adjacent to an activating group) is 1. The molecule has 1 fully saturated rings. The maximum absolute atomic E-state index is 13.2. The van der Waals surface area contributed by atoms with Crippen LogP contribution in [0.2, 0.25) is 0 Å². The van der Waals surface area contributed by atoms with Gasteiger partial charge in [-0.15, -0.1) is 0 Å². The molecule has 10 nitrogen and oxygen atoms in total. The van der Waals surface area contributed by atoms with Crippen molar-refractivity contribution in [2.45, 2.75) is 49.3 Å². The molecule has 1 saturated heterocycles. The SMILES string of the molecule is COC(=O)c1c(C)nc2c(c1-c1cccc([N+](=O)[O-])c1)CC1(O)C3Cc4ccc(OC)c5c4C1(CCN3C)C2O5. The molecule has 40 heavy (non-hydrogen) atoms. The molecule has 4 unspecified atom stereocenters. The Balaban J connectivity index is 1.58. The molecule has 4 aliphatic rings. The second-order valence-electron chi connectivity index (χ2n) is 11.3.